The quantitative estimate of drug-likeness (QED) is 0.0606. The van der Waals surface area contributed by atoms with Gasteiger partial charge in [-0.3, -0.25) is 4.18 Å². The molecular weight excluding hydrogens is 939 g/mol. The topological polar surface area (TPSA) is 78.9 Å². The molecule has 0 saturated heterocycles. The Labute approximate surface area is 428 Å². The first-order chi connectivity index (χ1) is 33.3. The Kier molecular flexibility index (Phi) is 28.6. The molecule has 362 valence electrons. The van der Waals surface area contributed by atoms with Gasteiger partial charge in [-0.1, -0.05) is 180 Å². The third-order valence-electron chi connectivity index (χ3n) is 9.91. The predicted molar refractivity (Wildman–Crippen MR) is 292 cm³/mol. The molecule has 6 aromatic carbocycles. The van der Waals surface area contributed by atoms with Gasteiger partial charge in [-0.25, -0.2) is 0 Å². The van der Waals surface area contributed by atoms with Gasteiger partial charge >= 0.3 is 0 Å². The number of hydrogen-bond donors (Lipinski definition) is 2. The summed E-state index contributed by atoms with van der Waals surface area (Å²) < 4.78 is 26.5. The van der Waals surface area contributed by atoms with Gasteiger partial charge in [-0.2, -0.15) is 8.42 Å². The number of nitrogens with one attached hydrogen (secondary N) is 1. The van der Waals surface area contributed by atoms with Gasteiger partial charge in [0.15, 0.2) is 0 Å². The third kappa shape index (κ3) is 26.3. The first-order valence-corrected chi connectivity index (χ1v) is 25.9. The molecule has 0 fully saturated rings. The predicted octanol–water partition coefficient (Wildman–Crippen LogP) is 12.0. The molecule has 6 nitrogen and oxygen atoms in total. The van der Waals surface area contributed by atoms with Crippen LogP contribution in [0.4, 0.5) is 0 Å². The number of aliphatic hydroxyl groups excluding tert-OH is 1. The second-order valence-corrected chi connectivity index (χ2v) is 19.0. The standard InChI is InChI=1S/C20H22ClN.C19H19ClO3S.C18H17ClO.C2H7N/c1-22(2)15-7-6-10-19-16-20(21)14-13-18(19)12-11-17-8-4-3-5-9-17;1-24(21,22)23-14-6-5-9-18-15-19(20)13-12-17(18)11-10-16-7-3-2-4-8-16;19-18-12-11-16(17(14-18)8-4-5-13-20)10-9-15-6-2-1-3-7-15;1-3-2/h3-5,8-9,13-14,16H,7,11-12,15H2,1-2H3;2-4,7-8,12-13,15H,6,10-11,14H2,1H3;1-3,6-7,11-12,14,20H,5,9-10,13H2;3H,1-2H3. The van der Waals surface area contributed by atoms with Crippen LogP contribution in [0, 0.1) is 35.5 Å². The molecule has 0 bridgehead atoms. The average Bonchev–Trinajstić information content (AvgIpc) is 3.33. The molecule has 0 aromatic heterocycles. The molecule has 10 heteroatoms. The van der Waals surface area contributed by atoms with Gasteiger partial charge in [0.05, 0.1) is 19.5 Å². The van der Waals surface area contributed by atoms with Crippen LogP contribution >= 0.6 is 34.8 Å². The van der Waals surface area contributed by atoms with E-state index >= 15 is 0 Å². The molecular formula is C59H65Cl3N2O4S. The summed E-state index contributed by atoms with van der Waals surface area (Å²) in [4.78, 5) is 2.14. The Morgan fingerprint density at radius 1 is 0.522 bits per heavy atom. The van der Waals surface area contributed by atoms with Crippen molar-refractivity contribution >= 4 is 44.9 Å². The summed E-state index contributed by atoms with van der Waals surface area (Å²) >= 11 is 18.2. The smallest absolute Gasteiger partial charge is 0.264 e. The van der Waals surface area contributed by atoms with E-state index in [1.165, 1.54) is 27.8 Å². The fourth-order valence-corrected chi connectivity index (χ4v) is 7.38. The van der Waals surface area contributed by atoms with Crippen molar-refractivity contribution in [1.29, 1.82) is 0 Å². The number of halogens is 3. The van der Waals surface area contributed by atoms with Crippen LogP contribution in [-0.4, -0.2) is 72.6 Å². The molecule has 0 aliphatic carbocycles. The van der Waals surface area contributed by atoms with Crippen LogP contribution in [0.15, 0.2) is 146 Å². The van der Waals surface area contributed by atoms with E-state index in [1.807, 2.05) is 93.0 Å². The minimum atomic E-state index is -3.41. The summed E-state index contributed by atoms with van der Waals surface area (Å²) in [6, 6.07) is 48.7. The van der Waals surface area contributed by atoms with E-state index in [9.17, 15) is 8.42 Å². The summed E-state index contributed by atoms with van der Waals surface area (Å²) in [7, 11) is 4.46. The fourth-order valence-electron chi connectivity index (χ4n) is 6.47. The fraction of sp³-hybridized carbons (Fsp3) is 0.288. The van der Waals surface area contributed by atoms with Crippen LogP contribution in [0.25, 0.3) is 0 Å². The van der Waals surface area contributed by atoms with E-state index in [1.54, 1.807) is 0 Å². The lowest BCUT2D eigenvalue weighted by molar-refractivity contribution is 0.305. The van der Waals surface area contributed by atoms with Crippen molar-refractivity contribution in [2.24, 2.45) is 0 Å². The number of aryl methyl sites for hydroxylation is 6. The zero-order chi connectivity index (χ0) is 50.1. The molecule has 69 heavy (non-hydrogen) atoms. The second kappa shape index (κ2) is 34.0. The van der Waals surface area contributed by atoms with Gasteiger partial charge in [0, 0.05) is 57.6 Å². The molecule has 6 aromatic rings. The average molecular weight is 1000 g/mol. The molecule has 0 aliphatic heterocycles. The molecule has 0 amide bonds. The van der Waals surface area contributed by atoms with Crippen molar-refractivity contribution in [3.05, 3.63) is 211 Å². The van der Waals surface area contributed by atoms with Crippen molar-refractivity contribution in [2.75, 3.05) is 54.2 Å². The second-order valence-electron chi connectivity index (χ2n) is 16.1. The Morgan fingerprint density at radius 2 is 0.855 bits per heavy atom. The van der Waals surface area contributed by atoms with Gasteiger partial charge in [0.1, 0.15) is 0 Å². The van der Waals surface area contributed by atoms with E-state index in [0.717, 1.165) is 85.0 Å². The molecule has 0 saturated carbocycles. The third-order valence-corrected chi connectivity index (χ3v) is 11.2. The number of benzene rings is 6. The number of aliphatic hydroxyl groups is 1. The van der Waals surface area contributed by atoms with Crippen molar-refractivity contribution < 1.29 is 17.7 Å². The van der Waals surface area contributed by atoms with E-state index in [0.29, 0.717) is 22.9 Å². The van der Waals surface area contributed by atoms with E-state index < -0.39 is 10.1 Å². The molecule has 2 N–H and O–H groups in total. The van der Waals surface area contributed by atoms with Crippen LogP contribution in [-0.2, 0) is 52.8 Å². The first-order valence-electron chi connectivity index (χ1n) is 22.9. The van der Waals surface area contributed by atoms with E-state index in [4.69, 9.17) is 39.9 Å². The Balaban J connectivity index is 0.000000267. The summed E-state index contributed by atoms with van der Waals surface area (Å²) in [5, 5.41) is 13.6. The van der Waals surface area contributed by atoms with Gasteiger partial charge < -0.3 is 15.3 Å². The summed E-state index contributed by atoms with van der Waals surface area (Å²) in [5.41, 5.74) is 10.4. The number of rotatable bonds is 15. The monoisotopic (exact) mass is 1000 g/mol. The lowest BCUT2D eigenvalue weighted by Gasteiger charge is -2.06. The van der Waals surface area contributed by atoms with E-state index in [-0.39, 0.29) is 13.2 Å². The van der Waals surface area contributed by atoms with Crippen LogP contribution < -0.4 is 5.32 Å². The molecule has 0 heterocycles. The largest absolute Gasteiger partial charge is 0.395 e. The summed E-state index contributed by atoms with van der Waals surface area (Å²) in [6.07, 6.45) is 8.45. The Bertz CT molecular complexity index is 2720. The van der Waals surface area contributed by atoms with Crippen LogP contribution in [0.5, 0.6) is 0 Å². The highest BCUT2D eigenvalue weighted by atomic mass is 35.5. The van der Waals surface area contributed by atoms with Gasteiger partial charge in [0.25, 0.3) is 10.1 Å². The van der Waals surface area contributed by atoms with Crippen molar-refractivity contribution in [3.8, 4) is 35.5 Å². The van der Waals surface area contributed by atoms with Gasteiger partial charge in [-0.05, 0) is 136 Å². The van der Waals surface area contributed by atoms with Gasteiger partial charge in [0.2, 0.25) is 0 Å². The molecule has 0 atom stereocenters. The van der Waals surface area contributed by atoms with Crippen LogP contribution in [0.1, 0.15) is 69.3 Å². The van der Waals surface area contributed by atoms with Crippen LogP contribution in [0.2, 0.25) is 15.1 Å². The van der Waals surface area contributed by atoms with Crippen molar-refractivity contribution in [1.82, 2.24) is 10.2 Å². The highest BCUT2D eigenvalue weighted by Gasteiger charge is 2.06. The normalized spacial score (nSPS) is 10.2. The maximum Gasteiger partial charge on any atom is 0.264 e. The zero-order valence-electron chi connectivity index (χ0n) is 40.5. The molecule has 0 aliphatic rings. The maximum atomic E-state index is 10.9. The van der Waals surface area contributed by atoms with Crippen LogP contribution in [0.3, 0.4) is 0 Å². The van der Waals surface area contributed by atoms with Crippen molar-refractivity contribution in [2.45, 2.75) is 57.8 Å². The van der Waals surface area contributed by atoms with Crippen molar-refractivity contribution in [3.63, 3.8) is 0 Å². The number of nitrogens with zero attached hydrogens (tertiary/aromatic N) is 1. The molecule has 6 rings (SSSR count). The minimum absolute atomic E-state index is 0.0613. The summed E-state index contributed by atoms with van der Waals surface area (Å²) in [5.74, 6) is 18.6. The SMILES string of the molecule is CN(C)CCC#Cc1cc(Cl)ccc1CCc1ccccc1.CNC.CS(=O)(=O)OCCC#Cc1cc(Cl)ccc1CCc1ccccc1.OCCC#Cc1cc(Cl)ccc1CCc1ccccc1. The molecule has 0 spiro atoms. The first kappa shape index (κ1) is 58.0. The van der Waals surface area contributed by atoms with Gasteiger partial charge in [-0.15, -0.1) is 0 Å². The molecule has 0 radical (unpaired) electrons. The zero-order valence-corrected chi connectivity index (χ0v) is 43.6. The Morgan fingerprint density at radius 3 is 1.17 bits per heavy atom. The van der Waals surface area contributed by atoms with E-state index in [2.05, 4.69) is 131 Å². The lowest BCUT2D eigenvalue weighted by Crippen LogP contribution is -2.11. The minimum Gasteiger partial charge on any atom is -0.395 e. The number of hydrogen-bond acceptors (Lipinski definition) is 6. The Hall–Kier alpha value is -5.34. The highest BCUT2D eigenvalue weighted by Crippen LogP contribution is 2.20. The highest BCUT2D eigenvalue weighted by molar-refractivity contribution is 7.85. The lowest BCUT2D eigenvalue weighted by atomic mass is 10.00. The summed E-state index contributed by atoms with van der Waals surface area (Å²) in [6.45, 7) is 1.13. The molecule has 0 unspecified atom stereocenters. The maximum absolute atomic E-state index is 10.9.